The normalized spacial score (nSPS) is 10.9. The standard InChI is InChI=1S/C24H34N10O4/c1-31(2)12-7-10-25-19(35)9-11-26-23(37)20-27-18(15-33(20)4)30-24(38)21-28-17(14-34(21)5)29-22(36)16-8-6-13-32(16)3/h6,8,13-15H,7,9-12H2,1-5H3,(H,25,35)(H,26,37)(H,29,36)(H,30,38). The van der Waals surface area contributed by atoms with Gasteiger partial charge in [0, 0.05) is 59.2 Å². The lowest BCUT2D eigenvalue weighted by Gasteiger charge is -2.10. The van der Waals surface area contributed by atoms with Crippen LogP contribution in [0, 0.1) is 0 Å². The highest BCUT2D eigenvalue weighted by atomic mass is 16.2. The van der Waals surface area contributed by atoms with Gasteiger partial charge in [-0.1, -0.05) is 0 Å². The molecule has 3 aromatic heterocycles. The number of aromatic nitrogens is 5. The topological polar surface area (TPSA) is 160 Å². The van der Waals surface area contributed by atoms with E-state index in [-0.39, 0.29) is 48.1 Å². The lowest BCUT2D eigenvalue weighted by atomic mass is 10.3. The minimum atomic E-state index is -0.567. The lowest BCUT2D eigenvalue weighted by Crippen LogP contribution is -2.32. The van der Waals surface area contributed by atoms with Gasteiger partial charge in [0.15, 0.2) is 11.6 Å². The quantitative estimate of drug-likeness (QED) is 0.245. The summed E-state index contributed by atoms with van der Waals surface area (Å²) in [6, 6.07) is 3.42. The molecule has 14 heteroatoms. The highest BCUT2D eigenvalue weighted by Crippen LogP contribution is 2.13. The number of carbonyl (C=O) groups is 4. The number of nitrogens with zero attached hydrogens (tertiary/aromatic N) is 6. The summed E-state index contributed by atoms with van der Waals surface area (Å²) in [4.78, 5) is 60.1. The van der Waals surface area contributed by atoms with Crippen molar-refractivity contribution in [2.75, 3.05) is 44.4 Å². The summed E-state index contributed by atoms with van der Waals surface area (Å²) in [6.45, 7) is 1.60. The Hall–Kier alpha value is -4.46. The average molecular weight is 527 g/mol. The van der Waals surface area contributed by atoms with Crippen molar-refractivity contribution in [3.05, 3.63) is 48.1 Å². The molecule has 4 amide bonds. The van der Waals surface area contributed by atoms with Gasteiger partial charge in [0.2, 0.25) is 17.6 Å². The van der Waals surface area contributed by atoms with Crippen molar-refractivity contribution in [3.8, 4) is 0 Å². The van der Waals surface area contributed by atoms with Gasteiger partial charge in [-0.2, -0.15) is 0 Å². The minimum absolute atomic E-state index is 0.0421. The van der Waals surface area contributed by atoms with Gasteiger partial charge in [0.25, 0.3) is 17.7 Å². The van der Waals surface area contributed by atoms with E-state index in [9.17, 15) is 19.2 Å². The van der Waals surface area contributed by atoms with Gasteiger partial charge in [-0.3, -0.25) is 19.2 Å². The van der Waals surface area contributed by atoms with E-state index < -0.39 is 11.8 Å². The second-order valence-electron chi connectivity index (χ2n) is 9.05. The summed E-state index contributed by atoms with van der Waals surface area (Å²) in [6.07, 6.45) is 5.74. The SMILES string of the molecule is CN(C)CCCNC(=O)CCNC(=O)c1nc(NC(=O)c2nc(NC(=O)c3cccn3C)cn2C)cn1C. The fraction of sp³-hybridized carbons (Fsp3) is 0.417. The summed E-state index contributed by atoms with van der Waals surface area (Å²) in [7, 11) is 8.92. The maximum absolute atomic E-state index is 12.8. The first-order chi connectivity index (χ1) is 18.0. The number of amides is 4. The molecule has 204 valence electrons. The smallest absolute Gasteiger partial charge is 0.292 e. The summed E-state index contributed by atoms with van der Waals surface area (Å²) < 4.78 is 4.61. The molecule has 0 aliphatic rings. The van der Waals surface area contributed by atoms with Crippen LogP contribution in [-0.4, -0.2) is 85.9 Å². The molecule has 4 N–H and O–H groups in total. The fourth-order valence-electron chi connectivity index (χ4n) is 3.60. The molecule has 38 heavy (non-hydrogen) atoms. The van der Waals surface area contributed by atoms with E-state index in [1.807, 2.05) is 19.0 Å². The number of hydrogen-bond donors (Lipinski definition) is 4. The Labute approximate surface area is 220 Å². The van der Waals surface area contributed by atoms with Gasteiger partial charge in [-0.05, 0) is 39.2 Å². The zero-order valence-corrected chi connectivity index (χ0v) is 22.2. The maximum Gasteiger partial charge on any atom is 0.292 e. The molecular weight excluding hydrogens is 492 g/mol. The van der Waals surface area contributed by atoms with Crippen molar-refractivity contribution in [3.63, 3.8) is 0 Å². The van der Waals surface area contributed by atoms with Crippen molar-refractivity contribution in [1.29, 1.82) is 0 Å². The number of imidazole rings is 2. The molecular formula is C24H34N10O4. The largest absolute Gasteiger partial charge is 0.356 e. The third-order valence-electron chi connectivity index (χ3n) is 5.56. The zero-order chi connectivity index (χ0) is 27.8. The second-order valence-corrected chi connectivity index (χ2v) is 9.05. The van der Waals surface area contributed by atoms with E-state index in [1.54, 1.807) is 44.0 Å². The molecule has 0 atom stereocenters. The molecule has 0 bridgehead atoms. The van der Waals surface area contributed by atoms with Gasteiger partial charge in [-0.15, -0.1) is 0 Å². The van der Waals surface area contributed by atoms with E-state index in [0.29, 0.717) is 12.2 Å². The number of anilines is 2. The molecule has 14 nitrogen and oxygen atoms in total. The van der Waals surface area contributed by atoms with Gasteiger partial charge in [0.05, 0.1) is 0 Å². The molecule has 0 saturated carbocycles. The Morgan fingerprint density at radius 2 is 1.42 bits per heavy atom. The molecule has 0 aliphatic carbocycles. The average Bonchev–Trinajstić information content (AvgIpc) is 3.54. The third kappa shape index (κ3) is 7.52. The van der Waals surface area contributed by atoms with Crippen LogP contribution < -0.4 is 21.3 Å². The summed E-state index contributed by atoms with van der Waals surface area (Å²) >= 11 is 0. The monoisotopic (exact) mass is 526 g/mol. The predicted octanol–water partition coefficient (Wildman–Crippen LogP) is 0.185. The highest BCUT2D eigenvalue weighted by molar-refractivity contribution is 6.04. The second kappa shape index (κ2) is 12.7. The Balaban J connectivity index is 1.51. The summed E-state index contributed by atoms with van der Waals surface area (Å²) in [5.74, 6) is -1.07. The first-order valence-electron chi connectivity index (χ1n) is 12.1. The van der Waals surface area contributed by atoms with Crippen LogP contribution in [0.4, 0.5) is 11.6 Å². The van der Waals surface area contributed by atoms with Crippen LogP contribution in [0.5, 0.6) is 0 Å². The number of rotatable bonds is 12. The molecule has 3 rings (SSSR count). The van der Waals surface area contributed by atoms with Crippen molar-refractivity contribution in [2.24, 2.45) is 21.1 Å². The van der Waals surface area contributed by atoms with Crippen molar-refractivity contribution >= 4 is 35.3 Å². The lowest BCUT2D eigenvalue weighted by molar-refractivity contribution is -0.120. The van der Waals surface area contributed by atoms with E-state index in [1.165, 1.54) is 21.5 Å². The van der Waals surface area contributed by atoms with Gasteiger partial charge in [-0.25, -0.2) is 9.97 Å². The Bertz CT molecular complexity index is 1300. The molecule has 0 aliphatic heterocycles. The van der Waals surface area contributed by atoms with Gasteiger partial charge in [0.1, 0.15) is 5.69 Å². The van der Waals surface area contributed by atoms with Crippen molar-refractivity contribution in [1.82, 2.24) is 39.2 Å². The fourth-order valence-corrected chi connectivity index (χ4v) is 3.60. The van der Waals surface area contributed by atoms with E-state index in [0.717, 1.165) is 13.0 Å². The molecule has 3 heterocycles. The van der Waals surface area contributed by atoms with Crippen LogP contribution >= 0.6 is 0 Å². The molecule has 0 radical (unpaired) electrons. The highest BCUT2D eigenvalue weighted by Gasteiger charge is 2.20. The van der Waals surface area contributed by atoms with Crippen LogP contribution in [0.15, 0.2) is 30.7 Å². The van der Waals surface area contributed by atoms with E-state index in [4.69, 9.17) is 0 Å². The minimum Gasteiger partial charge on any atom is -0.356 e. The number of aryl methyl sites for hydroxylation is 3. The van der Waals surface area contributed by atoms with Crippen molar-refractivity contribution < 1.29 is 19.2 Å². The van der Waals surface area contributed by atoms with Crippen LogP contribution in [0.25, 0.3) is 0 Å². The van der Waals surface area contributed by atoms with Crippen molar-refractivity contribution in [2.45, 2.75) is 12.8 Å². The maximum atomic E-state index is 12.8. The summed E-state index contributed by atoms with van der Waals surface area (Å²) in [5, 5.41) is 10.7. The Kier molecular flexibility index (Phi) is 9.38. The molecule has 0 fully saturated rings. The van der Waals surface area contributed by atoms with Gasteiger partial charge >= 0.3 is 0 Å². The molecule has 0 saturated heterocycles. The first kappa shape index (κ1) is 28.1. The molecule has 3 aromatic rings. The van der Waals surface area contributed by atoms with E-state index >= 15 is 0 Å². The van der Waals surface area contributed by atoms with Gasteiger partial charge < -0.3 is 39.9 Å². The predicted molar refractivity (Wildman–Crippen MR) is 141 cm³/mol. The molecule has 0 spiro atoms. The van der Waals surface area contributed by atoms with Crippen LogP contribution in [0.3, 0.4) is 0 Å². The molecule has 0 unspecified atom stereocenters. The molecule has 0 aromatic carbocycles. The first-order valence-corrected chi connectivity index (χ1v) is 12.1. The third-order valence-corrected chi connectivity index (χ3v) is 5.56. The van der Waals surface area contributed by atoms with Crippen LogP contribution in [0.1, 0.15) is 44.6 Å². The zero-order valence-electron chi connectivity index (χ0n) is 22.2. The number of carbonyl (C=O) groups excluding carboxylic acids is 4. The number of nitrogens with one attached hydrogen (secondary N) is 4. The Morgan fingerprint density at radius 1 is 0.816 bits per heavy atom. The Morgan fingerprint density at radius 3 is 2.00 bits per heavy atom. The van der Waals surface area contributed by atoms with Crippen LogP contribution in [0.2, 0.25) is 0 Å². The van der Waals surface area contributed by atoms with Crippen LogP contribution in [-0.2, 0) is 25.9 Å². The van der Waals surface area contributed by atoms with E-state index in [2.05, 4.69) is 31.2 Å². The summed E-state index contributed by atoms with van der Waals surface area (Å²) in [5.41, 5.74) is 0.446. The number of hydrogen-bond acceptors (Lipinski definition) is 7.